The van der Waals surface area contributed by atoms with Crippen molar-refractivity contribution in [2.24, 2.45) is 0 Å². The highest BCUT2D eigenvalue weighted by Crippen LogP contribution is 2.40. The third-order valence-electron chi connectivity index (χ3n) is 4.53. The van der Waals surface area contributed by atoms with E-state index in [4.69, 9.17) is 0 Å². The Morgan fingerprint density at radius 3 is 2.39 bits per heavy atom. The number of amides is 4. The Morgan fingerprint density at radius 2 is 1.87 bits per heavy atom. The maximum absolute atomic E-state index is 12.3. The molecule has 0 aromatic carbocycles. The minimum Gasteiger partial charge on any atom is -0.465 e. The van der Waals surface area contributed by atoms with Gasteiger partial charge in [-0.25, -0.2) is 19.8 Å². The quantitative estimate of drug-likeness (QED) is 0.669. The number of carboxylic acid groups (broad SMARTS) is 1. The number of hydrogen-bond donors (Lipinski definition) is 3. The summed E-state index contributed by atoms with van der Waals surface area (Å²) in [7, 11) is 3.26. The first-order valence-corrected chi connectivity index (χ1v) is 7.97. The van der Waals surface area contributed by atoms with Crippen LogP contribution >= 0.6 is 0 Å². The van der Waals surface area contributed by atoms with Gasteiger partial charge in [0.05, 0.1) is 14.1 Å². The van der Waals surface area contributed by atoms with E-state index in [1.54, 1.807) is 14.1 Å². The van der Waals surface area contributed by atoms with Gasteiger partial charge >= 0.3 is 12.1 Å². The Balaban J connectivity index is 2.57. The zero-order valence-electron chi connectivity index (χ0n) is 14.1. The van der Waals surface area contributed by atoms with Crippen molar-refractivity contribution < 1.29 is 24.0 Å². The van der Waals surface area contributed by atoms with Crippen molar-refractivity contribution in [2.75, 3.05) is 14.1 Å². The largest absolute Gasteiger partial charge is 0.465 e. The van der Waals surface area contributed by atoms with Crippen molar-refractivity contribution in [2.45, 2.75) is 51.6 Å². The third-order valence-corrected chi connectivity index (χ3v) is 4.53. The van der Waals surface area contributed by atoms with Crippen LogP contribution in [0.4, 0.5) is 9.59 Å². The van der Waals surface area contributed by atoms with Crippen LogP contribution in [0.1, 0.15) is 46.0 Å². The van der Waals surface area contributed by atoms with E-state index >= 15 is 0 Å². The molecule has 23 heavy (non-hydrogen) atoms. The molecule has 0 bridgehead atoms. The molecule has 2 heterocycles. The van der Waals surface area contributed by atoms with E-state index in [0.717, 1.165) is 24.2 Å². The van der Waals surface area contributed by atoms with Gasteiger partial charge in [0.15, 0.2) is 5.70 Å². The number of nitrogens with one attached hydrogen (secondary N) is 2. The standard InChI is InChI=1S/C15H24N4O4/c1-5-7-9-15(8-6-2)17-11-10(18(15)14(22)23)12(20)16-13(21)19(11,3)4/h5-9H2,1-4H3,(H2-,16,17,20,21,22,23)/p+1. The average Bonchev–Trinajstić information content (AvgIpc) is 2.81. The number of carbonyl (C=O) groups is 3. The third kappa shape index (κ3) is 2.56. The number of nitrogens with zero attached hydrogens (tertiary/aromatic N) is 2. The summed E-state index contributed by atoms with van der Waals surface area (Å²) < 4.78 is -0.234. The van der Waals surface area contributed by atoms with E-state index in [1.165, 1.54) is 0 Å². The van der Waals surface area contributed by atoms with Gasteiger partial charge in [-0.2, -0.15) is 4.48 Å². The Labute approximate surface area is 135 Å². The van der Waals surface area contributed by atoms with Gasteiger partial charge in [-0.15, -0.1) is 0 Å². The smallest absolute Gasteiger partial charge is 0.429 e. The highest BCUT2D eigenvalue weighted by Gasteiger charge is 2.58. The highest BCUT2D eigenvalue weighted by atomic mass is 16.4. The molecular weight excluding hydrogens is 300 g/mol. The summed E-state index contributed by atoms with van der Waals surface area (Å²) in [4.78, 5) is 37.5. The Kier molecular flexibility index (Phi) is 4.39. The summed E-state index contributed by atoms with van der Waals surface area (Å²) in [5.74, 6) is -0.308. The second-order valence-corrected chi connectivity index (χ2v) is 6.54. The summed E-state index contributed by atoms with van der Waals surface area (Å²) in [6.45, 7) is 4.00. The SMILES string of the molecule is CCCCC1(CCC)NC2=C(C(=O)NC(=O)[N+]2(C)C)N1C(=O)O. The Morgan fingerprint density at radius 1 is 1.22 bits per heavy atom. The van der Waals surface area contributed by atoms with Crippen molar-refractivity contribution in [3.05, 3.63) is 11.5 Å². The average molecular weight is 325 g/mol. The fourth-order valence-corrected chi connectivity index (χ4v) is 3.30. The van der Waals surface area contributed by atoms with E-state index in [-0.39, 0.29) is 10.2 Å². The maximum atomic E-state index is 12.3. The van der Waals surface area contributed by atoms with Crippen LogP contribution in [-0.4, -0.2) is 52.3 Å². The molecule has 1 atom stereocenters. The molecule has 0 fully saturated rings. The van der Waals surface area contributed by atoms with Crippen molar-refractivity contribution >= 4 is 18.0 Å². The van der Waals surface area contributed by atoms with Crippen LogP contribution in [0.5, 0.6) is 0 Å². The topological polar surface area (TPSA) is 98.7 Å². The van der Waals surface area contributed by atoms with Crippen LogP contribution in [-0.2, 0) is 4.79 Å². The summed E-state index contributed by atoms with van der Waals surface area (Å²) in [5.41, 5.74) is -0.842. The summed E-state index contributed by atoms with van der Waals surface area (Å²) in [6.07, 6.45) is 2.45. The first-order chi connectivity index (χ1) is 10.7. The molecule has 2 aliphatic rings. The van der Waals surface area contributed by atoms with Gasteiger partial charge in [0, 0.05) is 0 Å². The van der Waals surface area contributed by atoms with Crippen LogP contribution in [0.3, 0.4) is 0 Å². The zero-order valence-corrected chi connectivity index (χ0v) is 14.1. The van der Waals surface area contributed by atoms with E-state index < -0.39 is 23.7 Å². The van der Waals surface area contributed by atoms with E-state index in [1.807, 2.05) is 13.8 Å². The molecule has 8 heteroatoms. The van der Waals surface area contributed by atoms with Gasteiger partial charge in [-0.1, -0.05) is 26.7 Å². The maximum Gasteiger partial charge on any atom is 0.429 e. The van der Waals surface area contributed by atoms with E-state index in [2.05, 4.69) is 10.6 Å². The normalized spacial score (nSPS) is 26.0. The lowest BCUT2D eigenvalue weighted by Gasteiger charge is -2.37. The predicted molar refractivity (Wildman–Crippen MR) is 82.8 cm³/mol. The Hall–Kier alpha value is -2.09. The molecule has 2 rings (SSSR count). The molecule has 0 saturated heterocycles. The van der Waals surface area contributed by atoms with Crippen molar-refractivity contribution in [3.63, 3.8) is 0 Å². The molecular formula is C15H25N4O4+. The number of unbranched alkanes of at least 4 members (excludes halogenated alkanes) is 1. The van der Waals surface area contributed by atoms with Crippen molar-refractivity contribution in [1.29, 1.82) is 0 Å². The number of quaternary nitrogens is 1. The lowest BCUT2D eigenvalue weighted by atomic mass is 9.96. The summed E-state index contributed by atoms with van der Waals surface area (Å²) in [5, 5.41) is 15.2. The lowest BCUT2D eigenvalue weighted by molar-refractivity contribution is -0.773. The van der Waals surface area contributed by atoms with Crippen molar-refractivity contribution in [1.82, 2.24) is 15.5 Å². The lowest BCUT2D eigenvalue weighted by Crippen LogP contribution is -2.59. The van der Waals surface area contributed by atoms with Gasteiger partial charge in [0.25, 0.3) is 5.91 Å². The fourth-order valence-electron chi connectivity index (χ4n) is 3.30. The number of hydrogen-bond acceptors (Lipinski definition) is 4. The first kappa shape index (κ1) is 17.3. The molecule has 0 radical (unpaired) electrons. The summed E-state index contributed by atoms with van der Waals surface area (Å²) in [6, 6.07) is -0.477. The molecule has 0 aromatic heterocycles. The van der Waals surface area contributed by atoms with Crippen LogP contribution in [0, 0.1) is 0 Å². The van der Waals surface area contributed by atoms with Crippen LogP contribution < -0.4 is 10.6 Å². The minimum atomic E-state index is -1.18. The molecule has 2 aliphatic heterocycles. The molecule has 1 unspecified atom stereocenters. The molecule has 0 aromatic rings. The number of rotatable bonds is 5. The number of imide groups is 1. The molecule has 0 spiro atoms. The second-order valence-electron chi connectivity index (χ2n) is 6.54. The van der Waals surface area contributed by atoms with Crippen molar-refractivity contribution in [3.8, 4) is 0 Å². The van der Waals surface area contributed by atoms with Gasteiger partial charge in [0.2, 0.25) is 5.82 Å². The molecule has 3 N–H and O–H groups in total. The number of urea groups is 1. The highest BCUT2D eigenvalue weighted by molar-refractivity contribution is 6.06. The van der Waals surface area contributed by atoms with Gasteiger partial charge < -0.3 is 10.4 Å². The van der Waals surface area contributed by atoms with Crippen LogP contribution in [0.15, 0.2) is 11.5 Å². The molecule has 128 valence electrons. The Bertz CT molecular complexity index is 584. The van der Waals surface area contributed by atoms with Crippen LogP contribution in [0.25, 0.3) is 0 Å². The first-order valence-electron chi connectivity index (χ1n) is 7.97. The fraction of sp³-hybridized carbons (Fsp3) is 0.667. The van der Waals surface area contributed by atoms with Gasteiger partial charge in [-0.05, 0) is 19.3 Å². The van der Waals surface area contributed by atoms with Crippen LogP contribution in [0.2, 0.25) is 0 Å². The monoisotopic (exact) mass is 325 g/mol. The van der Waals surface area contributed by atoms with Gasteiger partial charge in [0.1, 0.15) is 5.66 Å². The molecule has 0 saturated carbocycles. The summed E-state index contributed by atoms with van der Waals surface area (Å²) >= 11 is 0. The zero-order chi connectivity index (χ0) is 17.4. The molecule has 0 aliphatic carbocycles. The molecule has 8 nitrogen and oxygen atoms in total. The minimum absolute atomic E-state index is 0.0339. The molecule has 4 amide bonds. The number of carbonyl (C=O) groups excluding carboxylic acids is 2. The second kappa shape index (κ2) is 5.84. The van der Waals surface area contributed by atoms with E-state index in [9.17, 15) is 19.5 Å². The predicted octanol–water partition coefficient (Wildman–Crippen LogP) is 1.75. The van der Waals surface area contributed by atoms with E-state index in [0.29, 0.717) is 18.7 Å². The van der Waals surface area contributed by atoms with Gasteiger partial charge in [-0.3, -0.25) is 4.79 Å².